The van der Waals surface area contributed by atoms with Crippen molar-refractivity contribution in [3.05, 3.63) is 0 Å². The van der Waals surface area contributed by atoms with Gasteiger partial charge in [0, 0.05) is 12.6 Å². The molecule has 1 atom stereocenters. The minimum atomic E-state index is -1.17. The predicted octanol–water partition coefficient (Wildman–Crippen LogP) is 0.310. The number of rotatable bonds is 0. The van der Waals surface area contributed by atoms with Gasteiger partial charge in [-0.3, -0.25) is 0 Å². The third kappa shape index (κ3) is 5.53. The quantitative estimate of drug-likeness (QED) is 0.487. The zero-order valence-electron chi connectivity index (χ0n) is 4.20. The summed E-state index contributed by atoms with van der Waals surface area (Å²) in [6, 6.07) is 0. The highest BCUT2D eigenvalue weighted by atomic mass is 31.1. The SMILES string of the molecule is C1=NOCC1.O=[PH+]O. The zero-order valence-corrected chi connectivity index (χ0v) is 5.20. The molecule has 8 heavy (non-hydrogen) atoms. The highest BCUT2D eigenvalue weighted by Gasteiger charge is 1.86. The molecule has 0 saturated heterocycles. The Bertz CT molecular complexity index is 78.6. The molecule has 0 radical (unpaired) electrons. The van der Waals surface area contributed by atoms with Gasteiger partial charge in [-0.05, 0) is 4.57 Å². The van der Waals surface area contributed by atoms with Crippen LogP contribution >= 0.6 is 8.69 Å². The Morgan fingerprint density at radius 2 is 2.50 bits per heavy atom. The summed E-state index contributed by atoms with van der Waals surface area (Å²) < 4.78 is 8.51. The first-order valence-electron chi connectivity index (χ1n) is 2.07. The van der Waals surface area contributed by atoms with Crippen molar-refractivity contribution in [2.75, 3.05) is 6.61 Å². The van der Waals surface area contributed by atoms with Crippen molar-refractivity contribution in [2.45, 2.75) is 6.42 Å². The van der Waals surface area contributed by atoms with Gasteiger partial charge in [0.2, 0.25) is 0 Å². The first kappa shape index (κ1) is 7.53. The first-order valence-corrected chi connectivity index (χ1v) is 2.92. The van der Waals surface area contributed by atoms with E-state index < -0.39 is 8.69 Å². The van der Waals surface area contributed by atoms with Crippen LogP contribution in [0.1, 0.15) is 6.42 Å². The van der Waals surface area contributed by atoms with Crippen LogP contribution in [0.2, 0.25) is 0 Å². The summed E-state index contributed by atoms with van der Waals surface area (Å²) in [5.41, 5.74) is 0. The lowest BCUT2D eigenvalue weighted by Gasteiger charge is -1.76. The third-order valence-electron chi connectivity index (χ3n) is 0.487. The van der Waals surface area contributed by atoms with Gasteiger partial charge < -0.3 is 4.84 Å². The highest BCUT2D eigenvalue weighted by Crippen LogP contribution is 1.86. The Labute approximate surface area is 48.4 Å². The van der Waals surface area contributed by atoms with Gasteiger partial charge in [0.05, 0.1) is 0 Å². The molecule has 0 fully saturated rings. The molecule has 1 rings (SSSR count). The summed E-state index contributed by atoms with van der Waals surface area (Å²) in [7, 11) is -1.17. The molecule has 1 unspecified atom stereocenters. The number of nitrogens with zero attached hydrogens (tertiary/aromatic N) is 1. The standard InChI is InChI=1S/C3H5NO.HO2P/c1-2-4-5-3-1;1-3-2/h2H,1,3H2;3H/p+1. The van der Waals surface area contributed by atoms with Crippen LogP contribution < -0.4 is 0 Å². The average Bonchev–Trinajstić information content (AvgIpc) is 2.17. The largest absolute Gasteiger partial charge is 0.491 e. The van der Waals surface area contributed by atoms with E-state index in [1.54, 1.807) is 6.21 Å². The molecule has 1 aliphatic heterocycles. The number of hydrogen-bond acceptors (Lipinski definition) is 3. The Hall–Kier alpha value is -0.470. The lowest BCUT2D eigenvalue weighted by atomic mass is 10.5. The van der Waals surface area contributed by atoms with Crippen molar-refractivity contribution in [2.24, 2.45) is 5.16 Å². The van der Waals surface area contributed by atoms with Crippen LogP contribution in [0.5, 0.6) is 0 Å². The number of hydrogen-bond donors (Lipinski definition) is 1. The van der Waals surface area contributed by atoms with Gasteiger partial charge in [-0.25, -0.2) is 0 Å². The van der Waals surface area contributed by atoms with Gasteiger partial charge in [-0.2, -0.15) is 4.89 Å². The molecule has 0 spiro atoms. The Balaban J connectivity index is 0.000000145. The molecular formula is C3H7NO3P+. The molecule has 0 aromatic rings. The molecule has 1 aliphatic rings. The minimum Gasteiger partial charge on any atom is -0.396 e. The second-order valence-electron chi connectivity index (χ2n) is 1.00. The monoisotopic (exact) mass is 136 g/mol. The molecule has 0 amide bonds. The van der Waals surface area contributed by atoms with Crippen LogP contribution in [0.25, 0.3) is 0 Å². The lowest BCUT2D eigenvalue weighted by Crippen LogP contribution is -1.72. The van der Waals surface area contributed by atoms with Gasteiger partial charge in [0.15, 0.2) is 0 Å². The van der Waals surface area contributed by atoms with Crippen LogP contribution in [-0.4, -0.2) is 17.7 Å². The second kappa shape index (κ2) is 6.53. The Morgan fingerprint density at radius 1 is 1.88 bits per heavy atom. The van der Waals surface area contributed by atoms with Gasteiger partial charge in [0.1, 0.15) is 6.61 Å². The van der Waals surface area contributed by atoms with E-state index in [1.165, 1.54) is 0 Å². The maximum atomic E-state index is 8.51. The van der Waals surface area contributed by atoms with Gasteiger partial charge in [-0.1, -0.05) is 5.16 Å². The van der Waals surface area contributed by atoms with Crippen molar-refractivity contribution < 1.29 is 14.3 Å². The second-order valence-corrected chi connectivity index (χ2v) is 1.18. The molecule has 46 valence electrons. The molecule has 1 N–H and O–H groups in total. The summed E-state index contributed by atoms with van der Waals surface area (Å²) in [6.45, 7) is 0.778. The van der Waals surface area contributed by atoms with E-state index in [4.69, 9.17) is 9.46 Å². The lowest BCUT2D eigenvalue weighted by molar-refractivity contribution is 0.174. The van der Waals surface area contributed by atoms with Crippen LogP contribution in [-0.2, 0) is 9.40 Å². The van der Waals surface area contributed by atoms with Crippen molar-refractivity contribution in [1.82, 2.24) is 0 Å². The maximum Gasteiger partial charge on any atom is 0.491 e. The van der Waals surface area contributed by atoms with Crippen molar-refractivity contribution in [1.29, 1.82) is 0 Å². The van der Waals surface area contributed by atoms with Gasteiger partial charge >= 0.3 is 8.69 Å². The van der Waals surface area contributed by atoms with E-state index in [1.807, 2.05) is 0 Å². The summed E-state index contributed by atoms with van der Waals surface area (Å²) >= 11 is 0. The summed E-state index contributed by atoms with van der Waals surface area (Å²) in [5.74, 6) is 0. The van der Waals surface area contributed by atoms with Crippen molar-refractivity contribution in [3.63, 3.8) is 0 Å². The van der Waals surface area contributed by atoms with E-state index in [0.29, 0.717) is 0 Å². The molecule has 5 heteroatoms. The fourth-order valence-corrected chi connectivity index (χ4v) is 0.264. The smallest absolute Gasteiger partial charge is 0.396 e. The Kier molecular flexibility index (Phi) is 6.15. The molecule has 1 heterocycles. The topological polar surface area (TPSA) is 58.9 Å². The molecule has 0 bridgehead atoms. The predicted molar refractivity (Wildman–Crippen MR) is 30.3 cm³/mol. The third-order valence-corrected chi connectivity index (χ3v) is 0.487. The number of oxime groups is 1. The van der Waals surface area contributed by atoms with E-state index in [9.17, 15) is 0 Å². The van der Waals surface area contributed by atoms with E-state index >= 15 is 0 Å². The van der Waals surface area contributed by atoms with E-state index in [-0.39, 0.29) is 0 Å². The zero-order chi connectivity index (χ0) is 6.24. The molecule has 4 nitrogen and oxygen atoms in total. The van der Waals surface area contributed by atoms with Gasteiger partial charge in [0.25, 0.3) is 0 Å². The molecule has 0 saturated carbocycles. The average molecular weight is 136 g/mol. The van der Waals surface area contributed by atoms with Crippen LogP contribution in [0.3, 0.4) is 0 Å². The van der Waals surface area contributed by atoms with Crippen LogP contribution in [0, 0.1) is 0 Å². The van der Waals surface area contributed by atoms with E-state index in [0.717, 1.165) is 13.0 Å². The summed E-state index contributed by atoms with van der Waals surface area (Å²) in [4.78, 5) is 11.6. The fraction of sp³-hybridized carbons (Fsp3) is 0.667. The fourth-order valence-electron chi connectivity index (χ4n) is 0.264. The minimum absolute atomic E-state index is 0.778. The van der Waals surface area contributed by atoms with Crippen molar-refractivity contribution >= 4 is 14.9 Å². The molecule has 0 aromatic carbocycles. The van der Waals surface area contributed by atoms with Gasteiger partial charge in [-0.15, -0.1) is 0 Å². The van der Waals surface area contributed by atoms with E-state index in [2.05, 4.69) is 9.99 Å². The van der Waals surface area contributed by atoms with Crippen LogP contribution in [0.4, 0.5) is 0 Å². The molecule has 0 aliphatic carbocycles. The summed E-state index contributed by atoms with van der Waals surface area (Å²) in [6.07, 6.45) is 2.75. The first-order chi connectivity index (χ1) is 3.91. The normalized spacial score (nSPS) is 14.6. The molecule has 0 aromatic heterocycles. The molecular weight excluding hydrogens is 129 g/mol. The Morgan fingerprint density at radius 3 is 2.62 bits per heavy atom. The summed E-state index contributed by atoms with van der Waals surface area (Å²) in [5, 5.41) is 3.46. The maximum absolute atomic E-state index is 8.51. The van der Waals surface area contributed by atoms with Crippen molar-refractivity contribution in [3.8, 4) is 0 Å². The highest BCUT2D eigenvalue weighted by molar-refractivity contribution is 7.16. The van der Waals surface area contributed by atoms with Crippen LogP contribution in [0.15, 0.2) is 5.16 Å².